The molecular weight excluding hydrogens is 449 g/mol. The molecule has 1 aromatic heterocycles. The van der Waals surface area contributed by atoms with Gasteiger partial charge in [0.1, 0.15) is 0 Å². The zero-order valence-corrected chi connectivity index (χ0v) is 20.1. The summed E-state index contributed by atoms with van der Waals surface area (Å²) in [6, 6.07) is 9.91. The van der Waals surface area contributed by atoms with Gasteiger partial charge < -0.3 is 9.80 Å². The largest absolute Gasteiger partial charge is 0.344 e. The van der Waals surface area contributed by atoms with Crippen LogP contribution in [0.3, 0.4) is 0 Å². The molecule has 0 aliphatic carbocycles. The molecule has 8 heteroatoms. The van der Waals surface area contributed by atoms with E-state index in [1.807, 2.05) is 18.2 Å². The first kappa shape index (κ1) is 22.8. The first-order chi connectivity index (χ1) is 15.1. The molecule has 166 valence electrons. The van der Waals surface area contributed by atoms with Crippen LogP contribution in [-0.4, -0.2) is 79.6 Å². The molecule has 4 rings (SSSR count). The van der Waals surface area contributed by atoms with Crippen LogP contribution in [0.4, 0.5) is 0 Å². The van der Waals surface area contributed by atoms with Gasteiger partial charge >= 0.3 is 0 Å². The third-order valence-corrected chi connectivity index (χ3v) is 7.26. The minimum atomic E-state index is -0.0827. The summed E-state index contributed by atoms with van der Waals surface area (Å²) in [5, 5.41) is 7.14. The molecule has 1 unspecified atom stereocenters. The Morgan fingerprint density at radius 3 is 2.71 bits per heavy atom. The molecule has 1 saturated heterocycles. The molecular formula is C23H29Cl2N5S. The quantitative estimate of drug-likeness (QED) is 0.621. The predicted molar refractivity (Wildman–Crippen MR) is 133 cm³/mol. The monoisotopic (exact) mass is 477 g/mol. The second kappa shape index (κ2) is 10.9. The molecule has 0 spiro atoms. The minimum Gasteiger partial charge on any atom is -0.344 e. The predicted octanol–water partition coefficient (Wildman–Crippen LogP) is 4.04. The Hall–Kier alpha value is -1.41. The lowest BCUT2D eigenvalue weighted by molar-refractivity contribution is 0.148. The van der Waals surface area contributed by atoms with Gasteiger partial charge in [-0.2, -0.15) is 0 Å². The van der Waals surface area contributed by atoms with Crippen molar-refractivity contribution < 1.29 is 0 Å². The van der Waals surface area contributed by atoms with Crippen LogP contribution < -0.4 is 5.32 Å². The van der Waals surface area contributed by atoms with E-state index in [0.29, 0.717) is 5.02 Å². The normalized spacial score (nSPS) is 20.3. The number of hydrogen-bond donors (Lipinski definition) is 1. The van der Waals surface area contributed by atoms with E-state index in [2.05, 4.69) is 56.9 Å². The Morgan fingerprint density at radius 1 is 1.13 bits per heavy atom. The van der Waals surface area contributed by atoms with Gasteiger partial charge in [0.15, 0.2) is 6.29 Å². The first-order valence-electron chi connectivity index (χ1n) is 10.7. The number of nitrogens with zero attached hydrogens (tertiary/aromatic N) is 4. The fraction of sp³-hybridized carbons (Fsp3) is 0.435. The molecule has 2 aromatic rings. The Balaban J connectivity index is 1.38. The van der Waals surface area contributed by atoms with Crippen molar-refractivity contribution in [2.45, 2.75) is 12.7 Å². The van der Waals surface area contributed by atoms with Crippen molar-refractivity contribution in [3.8, 4) is 0 Å². The number of nitrogens with one attached hydrogen (secondary N) is 1. The van der Waals surface area contributed by atoms with Gasteiger partial charge in [-0.1, -0.05) is 35.3 Å². The maximum atomic E-state index is 6.38. The smallest absolute Gasteiger partial charge is 0.176 e. The lowest BCUT2D eigenvalue weighted by Crippen LogP contribution is -2.50. The molecule has 1 aromatic carbocycles. The maximum absolute atomic E-state index is 6.38. The lowest BCUT2D eigenvalue weighted by Gasteiger charge is -2.34. The van der Waals surface area contributed by atoms with Crippen LogP contribution in [-0.2, 0) is 6.42 Å². The zero-order chi connectivity index (χ0) is 21.6. The summed E-state index contributed by atoms with van der Waals surface area (Å²) in [5.41, 5.74) is 2.14. The van der Waals surface area contributed by atoms with Gasteiger partial charge in [0.2, 0.25) is 0 Å². The SMILES string of the molecule is CN1CCN(CCNC2N=C(c3cccs3)C=CN2CCc2ccc(Cl)cc2Cl)CC1. The Bertz CT molecular complexity index is 907. The van der Waals surface area contributed by atoms with Crippen LogP contribution >= 0.6 is 34.5 Å². The number of thiophene rings is 1. The highest BCUT2D eigenvalue weighted by Crippen LogP contribution is 2.23. The summed E-state index contributed by atoms with van der Waals surface area (Å²) < 4.78 is 0. The second-order valence-electron chi connectivity index (χ2n) is 8.00. The topological polar surface area (TPSA) is 34.1 Å². The molecule has 0 saturated carbocycles. The van der Waals surface area contributed by atoms with E-state index in [1.54, 1.807) is 11.3 Å². The fourth-order valence-corrected chi connectivity index (χ4v) is 5.03. The number of likely N-dealkylation sites (N-methyl/N-ethyl adjacent to an activating group) is 1. The highest BCUT2D eigenvalue weighted by atomic mass is 35.5. The van der Waals surface area contributed by atoms with Crippen LogP contribution in [0.5, 0.6) is 0 Å². The van der Waals surface area contributed by atoms with Crippen molar-refractivity contribution in [1.82, 2.24) is 20.0 Å². The summed E-state index contributed by atoms with van der Waals surface area (Å²) in [6.07, 6.45) is 5.01. The molecule has 0 bridgehead atoms. The van der Waals surface area contributed by atoms with Crippen LogP contribution in [0.15, 0.2) is 53.0 Å². The highest BCUT2D eigenvalue weighted by Gasteiger charge is 2.20. The van der Waals surface area contributed by atoms with E-state index >= 15 is 0 Å². The van der Waals surface area contributed by atoms with Crippen molar-refractivity contribution in [2.24, 2.45) is 4.99 Å². The summed E-state index contributed by atoms with van der Waals surface area (Å²) >= 11 is 14.1. The number of benzene rings is 1. The number of allylic oxidation sites excluding steroid dienone is 1. The highest BCUT2D eigenvalue weighted by molar-refractivity contribution is 7.12. The third-order valence-electron chi connectivity index (χ3n) is 5.78. The number of piperazine rings is 1. The van der Waals surface area contributed by atoms with Crippen LogP contribution in [0.2, 0.25) is 10.0 Å². The molecule has 31 heavy (non-hydrogen) atoms. The van der Waals surface area contributed by atoms with Crippen molar-refractivity contribution >= 4 is 40.3 Å². The number of aliphatic imine (C=N–C) groups is 1. The van der Waals surface area contributed by atoms with Gasteiger partial charge in [-0.15, -0.1) is 11.3 Å². The van der Waals surface area contributed by atoms with E-state index in [-0.39, 0.29) is 6.29 Å². The standard InChI is InChI=1S/C23H29Cl2N5S/c1-28-12-14-29(15-13-28)11-8-26-23-27-21(22-3-2-16-31-22)7-10-30(23)9-6-18-4-5-19(24)17-20(18)25/h2-5,7,10,16-17,23,26H,6,8-9,11-15H2,1H3. The third kappa shape index (κ3) is 6.31. The summed E-state index contributed by atoms with van der Waals surface area (Å²) in [5.74, 6) is 0. The Labute approximate surface area is 199 Å². The molecule has 1 N–H and O–H groups in total. The summed E-state index contributed by atoms with van der Waals surface area (Å²) in [7, 11) is 2.19. The zero-order valence-electron chi connectivity index (χ0n) is 17.8. The number of rotatable bonds is 8. The van der Waals surface area contributed by atoms with E-state index in [1.165, 1.54) is 4.88 Å². The molecule has 1 atom stereocenters. The number of hydrogen-bond acceptors (Lipinski definition) is 6. The molecule has 0 radical (unpaired) electrons. The van der Waals surface area contributed by atoms with Crippen molar-refractivity contribution in [2.75, 3.05) is 52.9 Å². The van der Waals surface area contributed by atoms with E-state index in [4.69, 9.17) is 28.2 Å². The minimum absolute atomic E-state index is 0.0827. The van der Waals surface area contributed by atoms with E-state index in [0.717, 1.165) is 68.5 Å². The van der Waals surface area contributed by atoms with Crippen molar-refractivity contribution in [3.05, 3.63) is 68.5 Å². The average molecular weight is 478 g/mol. The van der Waals surface area contributed by atoms with Crippen LogP contribution in [0.1, 0.15) is 10.4 Å². The van der Waals surface area contributed by atoms with E-state index in [9.17, 15) is 0 Å². The lowest BCUT2D eigenvalue weighted by atomic mass is 10.1. The van der Waals surface area contributed by atoms with Gasteiger partial charge in [0, 0.05) is 62.1 Å². The van der Waals surface area contributed by atoms with Crippen LogP contribution in [0, 0.1) is 0 Å². The molecule has 2 aliphatic heterocycles. The first-order valence-corrected chi connectivity index (χ1v) is 12.4. The van der Waals surface area contributed by atoms with Crippen molar-refractivity contribution in [1.29, 1.82) is 0 Å². The van der Waals surface area contributed by atoms with Crippen LogP contribution in [0.25, 0.3) is 0 Å². The summed E-state index contributed by atoms with van der Waals surface area (Å²) in [4.78, 5) is 13.4. The number of halogens is 2. The second-order valence-corrected chi connectivity index (χ2v) is 9.79. The Morgan fingerprint density at radius 2 is 1.97 bits per heavy atom. The van der Waals surface area contributed by atoms with E-state index < -0.39 is 0 Å². The Kier molecular flexibility index (Phi) is 8.04. The van der Waals surface area contributed by atoms with Gasteiger partial charge in [0.05, 0.1) is 10.6 Å². The molecule has 0 amide bonds. The average Bonchev–Trinajstić information content (AvgIpc) is 3.30. The molecule has 5 nitrogen and oxygen atoms in total. The van der Waals surface area contributed by atoms with Gasteiger partial charge in [-0.05, 0) is 48.7 Å². The maximum Gasteiger partial charge on any atom is 0.176 e. The van der Waals surface area contributed by atoms with Gasteiger partial charge in [-0.3, -0.25) is 10.2 Å². The van der Waals surface area contributed by atoms with Gasteiger partial charge in [0.25, 0.3) is 0 Å². The van der Waals surface area contributed by atoms with Gasteiger partial charge in [-0.25, -0.2) is 4.99 Å². The fourth-order valence-electron chi connectivity index (χ4n) is 3.82. The van der Waals surface area contributed by atoms with Crippen molar-refractivity contribution in [3.63, 3.8) is 0 Å². The molecule has 1 fully saturated rings. The molecule has 2 aliphatic rings. The molecule has 3 heterocycles. The summed E-state index contributed by atoms with van der Waals surface area (Å²) in [6.45, 7) is 7.31.